The number of hydrogen-bond donors (Lipinski definition) is 2. The first kappa shape index (κ1) is 18.3. The van der Waals surface area contributed by atoms with Crippen LogP contribution in [0, 0.1) is 13.8 Å². The molecule has 0 spiro atoms. The van der Waals surface area contributed by atoms with Gasteiger partial charge in [-0.25, -0.2) is 4.79 Å². The van der Waals surface area contributed by atoms with Gasteiger partial charge in [-0.3, -0.25) is 0 Å². The lowest BCUT2D eigenvalue weighted by atomic mass is 10.1. The lowest BCUT2D eigenvalue weighted by Crippen LogP contribution is -2.41. The molecule has 0 bridgehead atoms. The van der Waals surface area contributed by atoms with Gasteiger partial charge in [-0.2, -0.15) is 0 Å². The van der Waals surface area contributed by atoms with Crippen molar-refractivity contribution in [2.45, 2.75) is 46.2 Å². The summed E-state index contributed by atoms with van der Waals surface area (Å²) in [6.07, 6.45) is 1.47. The number of nitrogens with one attached hydrogen (secondary N) is 1. The summed E-state index contributed by atoms with van der Waals surface area (Å²) in [4.78, 5) is 13.8. The minimum Gasteiger partial charge on any atom is -0.496 e. The Morgan fingerprint density at radius 1 is 1.36 bits per heavy atom. The molecule has 0 heterocycles. The smallest absolute Gasteiger partial charge is 0.317 e. The van der Waals surface area contributed by atoms with Gasteiger partial charge in [0.25, 0.3) is 0 Å². The Morgan fingerprint density at radius 3 is 2.45 bits per heavy atom. The number of amides is 2. The number of carbonyl (C=O) groups excluding carboxylic acids is 1. The fourth-order valence-corrected chi connectivity index (χ4v) is 2.59. The zero-order chi connectivity index (χ0) is 16.7. The standard InChI is InChI=1S/C17H28N2O3/c1-12-9-15(10-13(2)16(12)22-5)11-19(4)17(21)18-14(3)7-6-8-20/h9-10,14,20H,6-8,11H2,1-5H3,(H,18,21). The molecule has 124 valence electrons. The van der Waals surface area contributed by atoms with Crippen LogP contribution in [0.25, 0.3) is 0 Å². The maximum absolute atomic E-state index is 12.1. The number of benzene rings is 1. The van der Waals surface area contributed by atoms with Crippen LogP contribution in [0.15, 0.2) is 12.1 Å². The van der Waals surface area contributed by atoms with Gasteiger partial charge in [0.05, 0.1) is 7.11 Å². The number of nitrogens with zero attached hydrogens (tertiary/aromatic N) is 1. The van der Waals surface area contributed by atoms with Crippen LogP contribution in [0.5, 0.6) is 5.75 Å². The van der Waals surface area contributed by atoms with Crippen molar-refractivity contribution in [1.29, 1.82) is 0 Å². The van der Waals surface area contributed by atoms with E-state index in [0.717, 1.165) is 28.9 Å². The zero-order valence-corrected chi connectivity index (χ0v) is 14.3. The first-order valence-corrected chi connectivity index (χ1v) is 7.65. The molecule has 1 aromatic carbocycles. The second-order valence-electron chi connectivity index (χ2n) is 5.84. The summed E-state index contributed by atoms with van der Waals surface area (Å²) in [5, 5.41) is 11.8. The van der Waals surface area contributed by atoms with Crippen LogP contribution in [0.2, 0.25) is 0 Å². The van der Waals surface area contributed by atoms with E-state index < -0.39 is 0 Å². The average molecular weight is 308 g/mol. The van der Waals surface area contributed by atoms with Crippen molar-refractivity contribution in [2.75, 3.05) is 20.8 Å². The molecule has 1 rings (SSSR count). The second-order valence-corrected chi connectivity index (χ2v) is 5.84. The van der Waals surface area contributed by atoms with Gasteiger partial charge < -0.3 is 20.1 Å². The summed E-state index contributed by atoms with van der Waals surface area (Å²) in [6, 6.07) is 4.05. The molecule has 0 aliphatic heterocycles. The van der Waals surface area contributed by atoms with Crippen LogP contribution < -0.4 is 10.1 Å². The van der Waals surface area contributed by atoms with Gasteiger partial charge in [-0.15, -0.1) is 0 Å². The highest BCUT2D eigenvalue weighted by Crippen LogP contribution is 2.24. The van der Waals surface area contributed by atoms with Gasteiger partial charge >= 0.3 is 6.03 Å². The van der Waals surface area contributed by atoms with Crippen molar-refractivity contribution in [1.82, 2.24) is 10.2 Å². The molecule has 22 heavy (non-hydrogen) atoms. The molecule has 1 atom stereocenters. The van der Waals surface area contributed by atoms with Crippen LogP contribution in [-0.2, 0) is 6.54 Å². The fraction of sp³-hybridized carbons (Fsp3) is 0.588. The predicted molar refractivity (Wildman–Crippen MR) is 88.2 cm³/mol. The molecule has 2 N–H and O–H groups in total. The average Bonchev–Trinajstić information content (AvgIpc) is 2.44. The summed E-state index contributed by atoms with van der Waals surface area (Å²) in [7, 11) is 3.45. The summed E-state index contributed by atoms with van der Waals surface area (Å²) in [6.45, 7) is 6.66. The first-order valence-electron chi connectivity index (χ1n) is 7.65. The maximum atomic E-state index is 12.1. The van der Waals surface area contributed by atoms with E-state index in [9.17, 15) is 4.79 Å². The summed E-state index contributed by atoms with van der Waals surface area (Å²) < 4.78 is 5.36. The molecule has 0 aliphatic carbocycles. The topological polar surface area (TPSA) is 61.8 Å². The van der Waals surface area contributed by atoms with E-state index in [0.29, 0.717) is 13.0 Å². The Kier molecular flexibility index (Phi) is 7.18. The third kappa shape index (κ3) is 5.22. The van der Waals surface area contributed by atoms with E-state index in [1.54, 1.807) is 19.1 Å². The van der Waals surface area contributed by atoms with E-state index in [2.05, 4.69) is 5.32 Å². The Labute approximate surface area is 133 Å². The van der Waals surface area contributed by atoms with E-state index >= 15 is 0 Å². The van der Waals surface area contributed by atoms with Crippen LogP contribution in [-0.4, -0.2) is 42.8 Å². The Hall–Kier alpha value is -1.75. The number of ether oxygens (including phenoxy) is 1. The van der Waals surface area contributed by atoms with E-state index in [-0.39, 0.29) is 18.7 Å². The maximum Gasteiger partial charge on any atom is 0.317 e. The predicted octanol–water partition coefficient (Wildman–Crippen LogP) is 2.61. The van der Waals surface area contributed by atoms with Crippen LogP contribution in [0.1, 0.15) is 36.5 Å². The monoisotopic (exact) mass is 308 g/mol. The SMILES string of the molecule is COc1c(C)cc(CN(C)C(=O)NC(C)CCCO)cc1C. The number of methoxy groups -OCH3 is 1. The quantitative estimate of drug-likeness (QED) is 0.814. The number of hydrogen-bond acceptors (Lipinski definition) is 3. The van der Waals surface area contributed by atoms with E-state index in [1.807, 2.05) is 32.9 Å². The molecule has 0 fully saturated rings. The van der Waals surface area contributed by atoms with Gasteiger partial charge in [0.2, 0.25) is 0 Å². The van der Waals surface area contributed by atoms with Crippen molar-refractivity contribution in [3.8, 4) is 5.75 Å². The fourth-order valence-electron chi connectivity index (χ4n) is 2.59. The molecule has 5 nitrogen and oxygen atoms in total. The van der Waals surface area contributed by atoms with Gasteiger partial charge in [0.1, 0.15) is 5.75 Å². The lowest BCUT2D eigenvalue weighted by molar-refractivity contribution is 0.201. The van der Waals surface area contributed by atoms with Gasteiger partial charge in [0.15, 0.2) is 0 Å². The highest BCUT2D eigenvalue weighted by Gasteiger charge is 2.13. The summed E-state index contributed by atoms with van der Waals surface area (Å²) >= 11 is 0. The molecule has 0 aliphatic rings. The van der Waals surface area contributed by atoms with Crippen molar-refractivity contribution in [3.63, 3.8) is 0 Å². The number of carbonyl (C=O) groups is 1. The molecular formula is C17H28N2O3. The summed E-state index contributed by atoms with van der Waals surface area (Å²) in [5.74, 6) is 0.897. The lowest BCUT2D eigenvalue weighted by Gasteiger charge is -2.22. The molecule has 0 saturated heterocycles. The normalized spacial score (nSPS) is 11.9. The molecular weight excluding hydrogens is 280 g/mol. The van der Waals surface area contributed by atoms with Crippen molar-refractivity contribution in [2.24, 2.45) is 0 Å². The Morgan fingerprint density at radius 2 is 1.95 bits per heavy atom. The number of urea groups is 1. The third-order valence-corrected chi connectivity index (χ3v) is 3.66. The van der Waals surface area contributed by atoms with Gasteiger partial charge in [-0.05, 0) is 50.3 Å². The van der Waals surface area contributed by atoms with Crippen molar-refractivity contribution >= 4 is 6.03 Å². The number of aliphatic hydroxyl groups excluding tert-OH is 1. The molecule has 1 unspecified atom stereocenters. The van der Waals surface area contributed by atoms with E-state index in [1.165, 1.54) is 0 Å². The van der Waals surface area contributed by atoms with Crippen LogP contribution in [0.3, 0.4) is 0 Å². The number of rotatable bonds is 7. The Balaban J connectivity index is 2.64. The van der Waals surface area contributed by atoms with E-state index in [4.69, 9.17) is 9.84 Å². The third-order valence-electron chi connectivity index (χ3n) is 3.66. The minimum absolute atomic E-state index is 0.0569. The highest BCUT2D eigenvalue weighted by atomic mass is 16.5. The largest absolute Gasteiger partial charge is 0.496 e. The van der Waals surface area contributed by atoms with Crippen LogP contribution in [0.4, 0.5) is 4.79 Å². The molecule has 2 amide bonds. The van der Waals surface area contributed by atoms with Gasteiger partial charge in [0, 0.05) is 26.2 Å². The molecule has 0 radical (unpaired) electrons. The molecule has 1 aromatic rings. The number of aryl methyl sites for hydroxylation is 2. The van der Waals surface area contributed by atoms with Gasteiger partial charge in [-0.1, -0.05) is 12.1 Å². The highest BCUT2D eigenvalue weighted by molar-refractivity contribution is 5.74. The number of aliphatic hydroxyl groups is 1. The zero-order valence-electron chi connectivity index (χ0n) is 14.3. The minimum atomic E-state index is -0.100. The summed E-state index contributed by atoms with van der Waals surface area (Å²) in [5.41, 5.74) is 3.22. The first-order chi connectivity index (χ1) is 10.4. The van der Waals surface area contributed by atoms with Crippen molar-refractivity contribution < 1.29 is 14.6 Å². The molecule has 0 saturated carbocycles. The van der Waals surface area contributed by atoms with Crippen LogP contribution >= 0.6 is 0 Å². The molecule has 5 heteroatoms. The second kappa shape index (κ2) is 8.63. The van der Waals surface area contributed by atoms with Crippen molar-refractivity contribution in [3.05, 3.63) is 28.8 Å². The molecule has 0 aromatic heterocycles. The Bertz CT molecular complexity index is 480.